The van der Waals surface area contributed by atoms with Gasteiger partial charge in [-0.05, 0) is 35.9 Å². The molecule has 2 aromatic rings. The Labute approximate surface area is 163 Å². The van der Waals surface area contributed by atoms with Crippen LogP contribution in [0.5, 0.6) is 0 Å². The molecule has 3 heterocycles. The highest BCUT2D eigenvalue weighted by molar-refractivity contribution is 7.08. The van der Waals surface area contributed by atoms with Crippen LogP contribution in [0.1, 0.15) is 28.8 Å². The monoisotopic (exact) mass is 387 g/mol. The van der Waals surface area contributed by atoms with Gasteiger partial charge in [0.25, 0.3) is 5.91 Å². The van der Waals surface area contributed by atoms with Crippen molar-refractivity contribution < 1.29 is 9.59 Å². The van der Waals surface area contributed by atoms with Gasteiger partial charge in [-0.15, -0.1) is 0 Å². The normalized spacial score (nSPS) is 14.7. The zero-order valence-electron chi connectivity index (χ0n) is 15.6. The zero-order valence-corrected chi connectivity index (χ0v) is 16.5. The molecule has 0 spiro atoms. The minimum absolute atomic E-state index is 0.0344. The van der Waals surface area contributed by atoms with Gasteiger partial charge in [-0.3, -0.25) is 4.79 Å². The van der Waals surface area contributed by atoms with Crippen LogP contribution in [0.4, 0.5) is 10.6 Å². The number of carbonyl (C=O) groups is 2. The van der Waals surface area contributed by atoms with E-state index in [1.165, 1.54) is 11.3 Å². The molecule has 0 unspecified atom stereocenters. The topological polar surface area (TPSA) is 77.6 Å². The van der Waals surface area contributed by atoms with Gasteiger partial charge in [0, 0.05) is 56.9 Å². The van der Waals surface area contributed by atoms with Crippen LogP contribution >= 0.6 is 11.3 Å². The van der Waals surface area contributed by atoms with Crippen molar-refractivity contribution in [2.24, 2.45) is 0 Å². The van der Waals surface area contributed by atoms with E-state index >= 15 is 0 Å². The third kappa shape index (κ3) is 5.19. The maximum Gasteiger partial charge on any atom is 0.317 e. The molecule has 1 aliphatic rings. The van der Waals surface area contributed by atoms with E-state index in [4.69, 9.17) is 0 Å². The van der Waals surface area contributed by atoms with Gasteiger partial charge in [-0.2, -0.15) is 11.3 Å². The molecule has 1 aliphatic heterocycles. The number of nitrogens with one attached hydrogen (secondary N) is 2. The summed E-state index contributed by atoms with van der Waals surface area (Å²) < 4.78 is 0. The summed E-state index contributed by atoms with van der Waals surface area (Å²) in [6.45, 7) is 1.73. The number of anilines is 1. The lowest BCUT2D eigenvalue weighted by molar-refractivity contribution is 0.0918. The first-order valence-corrected chi connectivity index (χ1v) is 9.95. The number of likely N-dealkylation sites (tertiary alicyclic amines) is 1. The minimum Gasteiger partial charge on any atom is -0.363 e. The molecule has 27 heavy (non-hydrogen) atoms. The number of hydrogen-bond acceptors (Lipinski definition) is 5. The second kappa shape index (κ2) is 8.85. The number of aromatic nitrogens is 1. The molecule has 7 nitrogen and oxygen atoms in total. The summed E-state index contributed by atoms with van der Waals surface area (Å²) in [5, 5.41) is 9.73. The standard InChI is InChI=1S/C19H25N5O2S/c1-23(2)17-4-3-14(11-20-17)12-21-19(26)24-8-5-16(6-9-24)22-18(25)15-7-10-27-13-15/h3-4,7,10-11,13,16H,5-6,8-9,12H2,1-2H3,(H,21,26)(H,22,25). The first-order chi connectivity index (χ1) is 13.0. The highest BCUT2D eigenvalue weighted by Crippen LogP contribution is 2.13. The average Bonchev–Trinajstić information content (AvgIpc) is 3.22. The van der Waals surface area contributed by atoms with E-state index in [2.05, 4.69) is 15.6 Å². The van der Waals surface area contributed by atoms with E-state index in [1.54, 1.807) is 11.1 Å². The summed E-state index contributed by atoms with van der Waals surface area (Å²) in [7, 11) is 3.88. The third-order valence-electron chi connectivity index (χ3n) is 4.61. The van der Waals surface area contributed by atoms with E-state index in [9.17, 15) is 9.59 Å². The molecule has 1 saturated heterocycles. The third-order valence-corrected chi connectivity index (χ3v) is 5.30. The van der Waals surface area contributed by atoms with Crippen molar-refractivity contribution >= 4 is 29.1 Å². The maximum atomic E-state index is 12.4. The summed E-state index contributed by atoms with van der Waals surface area (Å²) in [6, 6.07) is 5.76. The summed E-state index contributed by atoms with van der Waals surface area (Å²) in [5.41, 5.74) is 1.67. The molecule has 0 aliphatic carbocycles. The van der Waals surface area contributed by atoms with Crippen molar-refractivity contribution in [3.8, 4) is 0 Å². The van der Waals surface area contributed by atoms with Crippen LogP contribution in [0.25, 0.3) is 0 Å². The van der Waals surface area contributed by atoms with Crippen molar-refractivity contribution in [3.05, 3.63) is 46.3 Å². The number of hydrogen-bond donors (Lipinski definition) is 2. The number of urea groups is 1. The molecule has 1 fully saturated rings. The molecule has 0 radical (unpaired) electrons. The van der Waals surface area contributed by atoms with E-state index < -0.39 is 0 Å². The van der Waals surface area contributed by atoms with Crippen LogP contribution in [-0.2, 0) is 6.54 Å². The molecule has 0 bridgehead atoms. The summed E-state index contributed by atoms with van der Waals surface area (Å²) in [6.07, 6.45) is 3.31. The maximum absolute atomic E-state index is 12.4. The smallest absolute Gasteiger partial charge is 0.317 e. The molecule has 0 aromatic carbocycles. The van der Waals surface area contributed by atoms with Gasteiger partial charge in [-0.1, -0.05) is 6.07 Å². The molecule has 3 amide bonds. The number of pyridine rings is 1. The SMILES string of the molecule is CN(C)c1ccc(CNC(=O)N2CCC(NC(=O)c3ccsc3)CC2)cn1. The van der Waals surface area contributed by atoms with Gasteiger partial charge in [-0.25, -0.2) is 9.78 Å². The number of thiophene rings is 1. The molecule has 2 N–H and O–H groups in total. The van der Waals surface area contributed by atoms with E-state index in [0.717, 1.165) is 24.2 Å². The van der Waals surface area contributed by atoms with Gasteiger partial charge in [0.1, 0.15) is 5.82 Å². The van der Waals surface area contributed by atoms with E-state index in [-0.39, 0.29) is 18.0 Å². The lowest BCUT2D eigenvalue weighted by atomic mass is 10.0. The molecule has 3 rings (SSSR count). The number of piperidine rings is 1. The molecule has 8 heteroatoms. The van der Waals surface area contributed by atoms with E-state index in [1.807, 2.05) is 48.0 Å². The lowest BCUT2D eigenvalue weighted by Crippen LogP contribution is -2.49. The Balaban J connectivity index is 1.41. The Morgan fingerprint density at radius 1 is 1.26 bits per heavy atom. The quantitative estimate of drug-likeness (QED) is 0.825. The van der Waals surface area contributed by atoms with Crippen LogP contribution < -0.4 is 15.5 Å². The average molecular weight is 388 g/mol. The Morgan fingerprint density at radius 2 is 2.04 bits per heavy atom. The number of rotatable bonds is 5. The highest BCUT2D eigenvalue weighted by Gasteiger charge is 2.24. The summed E-state index contributed by atoms with van der Waals surface area (Å²) in [4.78, 5) is 32.6. The second-order valence-corrected chi connectivity index (χ2v) is 7.60. The molecular formula is C19H25N5O2S. The number of nitrogens with zero attached hydrogens (tertiary/aromatic N) is 3. The predicted molar refractivity (Wildman–Crippen MR) is 107 cm³/mol. The molecular weight excluding hydrogens is 362 g/mol. The fourth-order valence-corrected chi connectivity index (χ4v) is 3.60. The van der Waals surface area contributed by atoms with Gasteiger partial charge >= 0.3 is 6.03 Å². The van der Waals surface area contributed by atoms with Crippen LogP contribution in [-0.4, -0.2) is 55.0 Å². The number of amides is 3. The second-order valence-electron chi connectivity index (χ2n) is 6.82. The fraction of sp³-hybridized carbons (Fsp3) is 0.421. The van der Waals surface area contributed by atoms with E-state index in [0.29, 0.717) is 25.2 Å². The van der Waals surface area contributed by atoms with Gasteiger partial charge in [0.15, 0.2) is 0 Å². The van der Waals surface area contributed by atoms with Crippen molar-refractivity contribution in [1.29, 1.82) is 0 Å². The molecule has 144 valence electrons. The van der Waals surface area contributed by atoms with Crippen LogP contribution in [0.15, 0.2) is 35.2 Å². The van der Waals surface area contributed by atoms with Crippen molar-refractivity contribution in [1.82, 2.24) is 20.5 Å². The number of carbonyl (C=O) groups excluding carboxylic acids is 2. The van der Waals surface area contributed by atoms with Gasteiger partial charge < -0.3 is 20.4 Å². The lowest BCUT2D eigenvalue weighted by Gasteiger charge is -2.32. The fourth-order valence-electron chi connectivity index (χ4n) is 2.96. The predicted octanol–water partition coefficient (Wildman–Crippen LogP) is 2.31. The largest absolute Gasteiger partial charge is 0.363 e. The van der Waals surface area contributed by atoms with Crippen LogP contribution in [0.2, 0.25) is 0 Å². The molecule has 2 aromatic heterocycles. The van der Waals surface area contributed by atoms with Gasteiger partial charge in [0.2, 0.25) is 0 Å². The summed E-state index contributed by atoms with van der Waals surface area (Å²) >= 11 is 1.51. The van der Waals surface area contributed by atoms with Crippen molar-refractivity contribution in [3.63, 3.8) is 0 Å². The molecule has 0 atom stereocenters. The van der Waals surface area contributed by atoms with Crippen molar-refractivity contribution in [2.75, 3.05) is 32.1 Å². The summed E-state index contributed by atoms with van der Waals surface area (Å²) in [5.74, 6) is 0.851. The first-order valence-electron chi connectivity index (χ1n) is 9.01. The zero-order chi connectivity index (χ0) is 19.2. The Bertz CT molecular complexity index is 753. The van der Waals surface area contributed by atoms with Crippen LogP contribution in [0.3, 0.4) is 0 Å². The van der Waals surface area contributed by atoms with Crippen LogP contribution in [0, 0.1) is 0 Å². The Morgan fingerprint density at radius 3 is 2.63 bits per heavy atom. The minimum atomic E-state index is -0.0747. The first kappa shape index (κ1) is 19.2. The highest BCUT2D eigenvalue weighted by atomic mass is 32.1. The Kier molecular flexibility index (Phi) is 6.28. The Hall–Kier alpha value is -2.61. The van der Waals surface area contributed by atoms with Crippen molar-refractivity contribution in [2.45, 2.75) is 25.4 Å². The molecule has 0 saturated carbocycles. The van der Waals surface area contributed by atoms with Gasteiger partial charge in [0.05, 0.1) is 0 Å².